The lowest BCUT2D eigenvalue weighted by atomic mass is 9.93. The average Bonchev–Trinajstić information content (AvgIpc) is 3.16. The molecule has 5 heteroatoms. The highest BCUT2D eigenvalue weighted by atomic mass is 16.5. The maximum absolute atomic E-state index is 12.5. The van der Waals surface area contributed by atoms with Crippen molar-refractivity contribution in [2.75, 3.05) is 13.2 Å². The van der Waals surface area contributed by atoms with Crippen molar-refractivity contribution < 1.29 is 19.4 Å². The van der Waals surface area contributed by atoms with Crippen molar-refractivity contribution in [1.82, 2.24) is 5.32 Å². The Morgan fingerprint density at radius 3 is 2.12 bits per heavy atom. The van der Waals surface area contributed by atoms with Gasteiger partial charge in [-0.3, -0.25) is 4.79 Å². The predicted molar refractivity (Wildman–Crippen MR) is 127 cm³/mol. The first kappa shape index (κ1) is 20.8. The first-order valence-electron chi connectivity index (χ1n) is 10.9. The number of hydrogen-bond acceptors (Lipinski definition) is 3. The Morgan fingerprint density at radius 1 is 0.818 bits per heavy atom. The third-order valence-corrected chi connectivity index (χ3v) is 6.29. The largest absolute Gasteiger partial charge is 0.481 e. The maximum Gasteiger partial charge on any atom is 0.407 e. The van der Waals surface area contributed by atoms with Crippen molar-refractivity contribution in [2.24, 2.45) is 0 Å². The van der Waals surface area contributed by atoms with Gasteiger partial charge in [0, 0.05) is 12.5 Å². The molecule has 0 bridgehead atoms. The van der Waals surface area contributed by atoms with Gasteiger partial charge in [0.1, 0.15) is 6.61 Å². The van der Waals surface area contributed by atoms with E-state index in [1.165, 1.54) is 0 Å². The van der Waals surface area contributed by atoms with Gasteiger partial charge < -0.3 is 15.2 Å². The zero-order valence-electron chi connectivity index (χ0n) is 17.9. The summed E-state index contributed by atoms with van der Waals surface area (Å²) in [5, 5.41) is 14.3. The lowest BCUT2D eigenvalue weighted by molar-refractivity contribution is -0.138. The van der Waals surface area contributed by atoms with Crippen LogP contribution < -0.4 is 5.32 Å². The number of nitrogens with one attached hydrogen (secondary N) is 1. The molecule has 0 radical (unpaired) electrons. The molecule has 0 aromatic heterocycles. The van der Waals surface area contributed by atoms with Crippen molar-refractivity contribution in [1.29, 1.82) is 0 Å². The maximum atomic E-state index is 12.5. The fraction of sp³-hybridized carbons (Fsp3) is 0.143. The number of rotatable bonds is 6. The molecule has 33 heavy (non-hydrogen) atoms. The van der Waals surface area contributed by atoms with E-state index in [1.54, 1.807) is 6.07 Å². The smallest absolute Gasteiger partial charge is 0.407 e. The van der Waals surface area contributed by atoms with E-state index in [0.717, 1.165) is 33.0 Å². The quantitative estimate of drug-likeness (QED) is 0.415. The van der Waals surface area contributed by atoms with Crippen LogP contribution in [0.2, 0.25) is 0 Å². The third kappa shape index (κ3) is 3.94. The molecule has 1 aliphatic carbocycles. The van der Waals surface area contributed by atoms with Crippen molar-refractivity contribution >= 4 is 22.8 Å². The summed E-state index contributed by atoms with van der Waals surface area (Å²) in [7, 11) is 0. The summed E-state index contributed by atoms with van der Waals surface area (Å²) in [5.74, 6) is -1.92. The SMILES string of the molecule is O=C(NCC(C(=O)O)c1cccc2ccccc12)OCC1c2ccccc2-c2ccccc21. The van der Waals surface area contributed by atoms with E-state index in [9.17, 15) is 14.7 Å². The Morgan fingerprint density at radius 2 is 1.42 bits per heavy atom. The number of amides is 1. The topological polar surface area (TPSA) is 75.6 Å². The number of fused-ring (bicyclic) bond motifs is 4. The second-order valence-corrected chi connectivity index (χ2v) is 8.17. The number of hydrogen-bond donors (Lipinski definition) is 2. The minimum Gasteiger partial charge on any atom is -0.481 e. The van der Waals surface area contributed by atoms with E-state index in [-0.39, 0.29) is 19.1 Å². The molecule has 4 aromatic rings. The summed E-state index contributed by atoms with van der Waals surface area (Å²) >= 11 is 0. The van der Waals surface area contributed by atoms with Gasteiger partial charge in [-0.25, -0.2) is 4.79 Å². The number of ether oxygens (including phenoxy) is 1. The van der Waals surface area contributed by atoms with Crippen LogP contribution in [-0.2, 0) is 9.53 Å². The van der Waals surface area contributed by atoms with Gasteiger partial charge in [-0.05, 0) is 38.6 Å². The Bertz CT molecular complexity index is 1300. The van der Waals surface area contributed by atoms with Gasteiger partial charge in [-0.2, -0.15) is 0 Å². The van der Waals surface area contributed by atoms with Crippen molar-refractivity contribution in [3.05, 3.63) is 108 Å². The summed E-state index contributed by atoms with van der Waals surface area (Å²) in [6, 6.07) is 29.5. The predicted octanol–water partition coefficient (Wildman–Crippen LogP) is 5.55. The van der Waals surface area contributed by atoms with Gasteiger partial charge in [-0.1, -0.05) is 91.0 Å². The van der Waals surface area contributed by atoms with Gasteiger partial charge in [0.05, 0.1) is 5.92 Å². The van der Waals surface area contributed by atoms with E-state index in [2.05, 4.69) is 29.6 Å². The molecule has 1 amide bonds. The number of alkyl carbamates (subject to hydrolysis) is 1. The molecule has 0 spiro atoms. The number of aliphatic carboxylic acids is 1. The van der Waals surface area contributed by atoms with Gasteiger partial charge in [0.2, 0.25) is 0 Å². The molecule has 0 fully saturated rings. The van der Waals surface area contributed by atoms with Gasteiger partial charge >= 0.3 is 12.1 Å². The van der Waals surface area contributed by atoms with Crippen LogP contribution in [-0.4, -0.2) is 30.3 Å². The van der Waals surface area contributed by atoms with Gasteiger partial charge in [-0.15, -0.1) is 0 Å². The summed E-state index contributed by atoms with van der Waals surface area (Å²) in [5.41, 5.74) is 5.24. The van der Waals surface area contributed by atoms with Gasteiger partial charge in [0.15, 0.2) is 0 Å². The van der Waals surface area contributed by atoms with Crippen LogP contribution in [0.4, 0.5) is 4.79 Å². The van der Waals surface area contributed by atoms with E-state index < -0.39 is 18.0 Å². The number of carbonyl (C=O) groups excluding carboxylic acids is 1. The third-order valence-electron chi connectivity index (χ3n) is 6.29. The Kier molecular flexibility index (Phi) is 5.53. The molecule has 1 unspecified atom stereocenters. The molecular weight excluding hydrogens is 414 g/mol. The van der Waals surface area contributed by atoms with E-state index in [0.29, 0.717) is 5.56 Å². The summed E-state index contributed by atoms with van der Waals surface area (Å²) in [6.45, 7) is 0.131. The van der Waals surface area contributed by atoms with Crippen LogP contribution in [0.25, 0.3) is 21.9 Å². The second-order valence-electron chi connectivity index (χ2n) is 8.17. The highest BCUT2D eigenvalue weighted by molar-refractivity contribution is 5.91. The van der Waals surface area contributed by atoms with E-state index >= 15 is 0 Å². The number of carboxylic acid groups (broad SMARTS) is 1. The molecule has 5 rings (SSSR count). The number of benzene rings is 4. The molecule has 1 atom stereocenters. The van der Waals surface area contributed by atoms with Gasteiger partial charge in [0.25, 0.3) is 0 Å². The summed E-state index contributed by atoms with van der Waals surface area (Å²) in [4.78, 5) is 24.5. The molecule has 5 nitrogen and oxygen atoms in total. The van der Waals surface area contributed by atoms with Crippen molar-refractivity contribution in [3.8, 4) is 11.1 Å². The minimum atomic E-state index is -0.995. The summed E-state index contributed by atoms with van der Waals surface area (Å²) < 4.78 is 5.55. The summed E-state index contributed by atoms with van der Waals surface area (Å²) in [6.07, 6.45) is -0.622. The van der Waals surface area contributed by atoms with Crippen LogP contribution in [0.3, 0.4) is 0 Å². The zero-order chi connectivity index (χ0) is 22.8. The molecule has 164 valence electrons. The Labute approximate surface area is 191 Å². The molecule has 0 saturated carbocycles. The van der Waals surface area contributed by atoms with Crippen LogP contribution in [0, 0.1) is 0 Å². The number of carbonyl (C=O) groups is 2. The molecule has 2 N–H and O–H groups in total. The molecule has 4 aromatic carbocycles. The molecule has 0 aliphatic heterocycles. The normalized spacial score (nSPS) is 13.2. The first-order valence-corrected chi connectivity index (χ1v) is 10.9. The highest BCUT2D eigenvalue weighted by Gasteiger charge is 2.29. The molecule has 0 saturated heterocycles. The first-order chi connectivity index (χ1) is 16.1. The molecular formula is C28H23NO4. The average molecular weight is 437 g/mol. The Balaban J connectivity index is 1.28. The van der Waals surface area contributed by atoms with Crippen molar-refractivity contribution in [3.63, 3.8) is 0 Å². The zero-order valence-corrected chi connectivity index (χ0v) is 17.9. The van der Waals surface area contributed by atoms with Crippen molar-refractivity contribution in [2.45, 2.75) is 11.8 Å². The lowest BCUT2D eigenvalue weighted by Crippen LogP contribution is -2.33. The second kappa shape index (κ2) is 8.79. The number of carboxylic acids is 1. The van der Waals surface area contributed by atoms with Crippen LogP contribution in [0.5, 0.6) is 0 Å². The minimum absolute atomic E-state index is 0.0449. The van der Waals surface area contributed by atoms with E-state index in [4.69, 9.17) is 4.74 Å². The molecule has 1 aliphatic rings. The fourth-order valence-electron chi connectivity index (χ4n) is 4.72. The van der Waals surface area contributed by atoms with Crippen LogP contribution in [0.1, 0.15) is 28.5 Å². The van der Waals surface area contributed by atoms with E-state index in [1.807, 2.05) is 60.7 Å². The lowest BCUT2D eigenvalue weighted by Gasteiger charge is -2.17. The van der Waals surface area contributed by atoms with Crippen LogP contribution >= 0.6 is 0 Å². The van der Waals surface area contributed by atoms with Crippen LogP contribution in [0.15, 0.2) is 91.0 Å². The highest BCUT2D eigenvalue weighted by Crippen LogP contribution is 2.44. The molecule has 0 heterocycles. The monoisotopic (exact) mass is 437 g/mol. The standard InChI is InChI=1S/C28H23NO4/c30-27(31)25(20-15-7-9-18-8-1-2-10-19(18)20)16-29-28(32)33-17-26-23-13-5-3-11-21(23)22-12-4-6-14-24(22)26/h1-15,25-26H,16-17H2,(H,29,32)(H,30,31). The fourth-order valence-corrected chi connectivity index (χ4v) is 4.72. The Hall–Kier alpha value is -4.12.